The van der Waals surface area contributed by atoms with E-state index in [0.29, 0.717) is 0 Å². The predicted octanol–water partition coefficient (Wildman–Crippen LogP) is 4.17. The maximum Gasteiger partial charge on any atom is -0.00632 e. The summed E-state index contributed by atoms with van der Waals surface area (Å²) in [6.07, 6.45) is 5.34. The van der Waals surface area contributed by atoms with Gasteiger partial charge in [-0.2, -0.15) is 12.6 Å². The molecule has 0 bridgehead atoms. The molecule has 0 saturated heterocycles. The highest BCUT2D eigenvalue weighted by molar-refractivity contribution is 7.80. The van der Waals surface area contributed by atoms with Gasteiger partial charge in [-0.3, -0.25) is 0 Å². The zero-order chi connectivity index (χ0) is 10.5. The van der Waals surface area contributed by atoms with Gasteiger partial charge in [0.05, 0.1) is 0 Å². The van der Waals surface area contributed by atoms with E-state index >= 15 is 0 Å². The predicted molar refractivity (Wildman–Crippen MR) is 71.5 cm³/mol. The minimum absolute atomic E-state index is 0.907. The molecule has 0 unspecified atom stereocenters. The average Bonchev–Trinajstić information content (AvgIpc) is 2.29. The maximum absolute atomic E-state index is 4.17. The summed E-state index contributed by atoms with van der Waals surface area (Å²) >= 11 is 4.17. The largest absolute Gasteiger partial charge is 0.179 e. The molecule has 0 aromatic heterocycles. The van der Waals surface area contributed by atoms with Gasteiger partial charge in [0.2, 0.25) is 0 Å². The van der Waals surface area contributed by atoms with Crippen LogP contribution in [-0.2, 0) is 0 Å². The lowest BCUT2D eigenvalue weighted by Crippen LogP contribution is -1.75. The number of hydrogen-bond donors (Lipinski definition) is 1. The molecule has 0 aliphatic carbocycles. The summed E-state index contributed by atoms with van der Waals surface area (Å²) in [5.41, 5.74) is 1.26. The summed E-state index contributed by atoms with van der Waals surface area (Å²) in [5.74, 6) is 0.907. The van der Waals surface area contributed by atoms with Crippen LogP contribution in [0.1, 0.15) is 12.0 Å². The van der Waals surface area contributed by atoms with E-state index < -0.39 is 0 Å². The van der Waals surface area contributed by atoms with Crippen LogP contribution in [0.5, 0.6) is 0 Å². The van der Waals surface area contributed by atoms with Gasteiger partial charge in [0.1, 0.15) is 0 Å². The van der Waals surface area contributed by atoms with Gasteiger partial charge in [0.25, 0.3) is 0 Å². The third kappa shape index (κ3) is 2.63. The first-order valence-corrected chi connectivity index (χ1v) is 5.79. The van der Waals surface area contributed by atoms with Crippen molar-refractivity contribution in [3.8, 4) is 0 Å². The minimum Gasteiger partial charge on any atom is -0.179 e. The zero-order valence-electron chi connectivity index (χ0n) is 8.56. The van der Waals surface area contributed by atoms with Crippen LogP contribution >= 0.6 is 12.6 Å². The molecular weight excluding hydrogens is 200 g/mol. The lowest BCUT2D eigenvalue weighted by molar-refractivity contribution is 1.26. The molecule has 0 nitrogen and oxygen atoms in total. The molecule has 0 atom stereocenters. The Hall–Kier alpha value is -1.21. The molecule has 2 aromatic carbocycles. The van der Waals surface area contributed by atoms with E-state index in [1.54, 1.807) is 0 Å². The zero-order valence-corrected chi connectivity index (χ0v) is 9.45. The Balaban J connectivity index is 2.30. The summed E-state index contributed by atoms with van der Waals surface area (Å²) in [6, 6.07) is 14.9. The molecule has 0 N–H and O–H groups in total. The monoisotopic (exact) mass is 214 g/mol. The van der Waals surface area contributed by atoms with Crippen LogP contribution in [0.15, 0.2) is 48.5 Å². The first-order valence-electron chi connectivity index (χ1n) is 5.16. The Morgan fingerprint density at radius 2 is 1.80 bits per heavy atom. The fourth-order valence-electron chi connectivity index (χ4n) is 1.61. The summed E-state index contributed by atoms with van der Waals surface area (Å²) in [7, 11) is 0. The summed E-state index contributed by atoms with van der Waals surface area (Å²) in [6.45, 7) is 0. The van der Waals surface area contributed by atoms with Crippen molar-refractivity contribution in [1.82, 2.24) is 0 Å². The van der Waals surface area contributed by atoms with Gasteiger partial charge < -0.3 is 0 Å². The van der Waals surface area contributed by atoms with Gasteiger partial charge in [-0.15, -0.1) is 0 Å². The molecule has 0 heterocycles. The van der Waals surface area contributed by atoms with Crippen molar-refractivity contribution in [2.45, 2.75) is 6.42 Å². The molecule has 15 heavy (non-hydrogen) atoms. The van der Waals surface area contributed by atoms with Gasteiger partial charge in [-0.1, -0.05) is 48.6 Å². The molecule has 0 amide bonds. The Morgan fingerprint density at radius 3 is 2.60 bits per heavy atom. The molecule has 2 rings (SSSR count). The highest BCUT2D eigenvalue weighted by Gasteiger charge is 1.92. The molecule has 0 fully saturated rings. The van der Waals surface area contributed by atoms with Gasteiger partial charge in [-0.05, 0) is 34.6 Å². The lowest BCUT2D eigenvalue weighted by atomic mass is 10.1. The topological polar surface area (TPSA) is 0 Å². The number of thiol groups is 1. The molecule has 2 aromatic rings. The Morgan fingerprint density at radius 1 is 1.00 bits per heavy atom. The number of rotatable bonds is 3. The highest BCUT2D eigenvalue weighted by Crippen LogP contribution is 2.16. The number of benzene rings is 2. The van der Waals surface area contributed by atoms with E-state index in [-0.39, 0.29) is 0 Å². The molecule has 0 saturated carbocycles. The summed E-state index contributed by atoms with van der Waals surface area (Å²) < 4.78 is 0. The molecule has 1 heteroatoms. The fraction of sp³-hybridized carbons (Fsp3) is 0.143. The van der Waals surface area contributed by atoms with Crippen LogP contribution in [0.25, 0.3) is 16.8 Å². The van der Waals surface area contributed by atoms with Crippen LogP contribution in [-0.4, -0.2) is 5.75 Å². The highest BCUT2D eigenvalue weighted by atomic mass is 32.1. The maximum atomic E-state index is 4.17. The summed E-state index contributed by atoms with van der Waals surface area (Å²) in [4.78, 5) is 0. The van der Waals surface area contributed by atoms with Crippen molar-refractivity contribution >= 4 is 29.5 Å². The smallest absolute Gasteiger partial charge is 0.00632 e. The van der Waals surface area contributed by atoms with Crippen molar-refractivity contribution in [2.24, 2.45) is 0 Å². The van der Waals surface area contributed by atoms with Crippen LogP contribution < -0.4 is 0 Å². The molecule has 0 spiro atoms. The Labute approximate surface area is 96.0 Å². The van der Waals surface area contributed by atoms with E-state index in [2.05, 4.69) is 67.2 Å². The van der Waals surface area contributed by atoms with Crippen molar-refractivity contribution in [1.29, 1.82) is 0 Å². The molecule has 0 aliphatic heterocycles. The summed E-state index contributed by atoms with van der Waals surface area (Å²) in [5, 5.41) is 2.59. The van der Waals surface area contributed by atoms with E-state index in [4.69, 9.17) is 0 Å². The number of fused-ring (bicyclic) bond motifs is 1. The van der Waals surface area contributed by atoms with Crippen molar-refractivity contribution in [3.05, 3.63) is 54.1 Å². The van der Waals surface area contributed by atoms with Crippen molar-refractivity contribution in [3.63, 3.8) is 0 Å². The third-order valence-corrected chi connectivity index (χ3v) is 2.64. The average molecular weight is 214 g/mol. The SMILES string of the molecule is SCCC=Cc1ccc2ccccc2c1. The molecule has 0 radical (unpaired) electrons. The van der Waals surface area contributed by atoms with Gasteiger partial charge in [-0.25, -0.2) is 0 Å². The number of allylic oxidation sites excluding steroid dienone is 1. The Kier molecular flexibility index (Phi) is 3.46. The second-order valence-electron chi connectivity index (χ2n) is 3.52. The fourth-order valence-corrected chi connectivity index (χ4v) is 1.75. The molecule has 76 valence electrons. The van der Waals surface area contributed by atoms with E-state index in [9.17, 15) is 0 Å². The first-order chi connectivity index (χ1) is 7.40. The van der Waals surface area contributed by atoms with Crippen LogP contribution in [0.4, 0.5) is 0 Å². The van der Waals surface area contributed by atoms with Gasteiger partial charge in [0, 0.05) is 0 Å². The minimum atomic E-state index is 0.907. The third-order valence-electron chi connectivity index (χ3n) is 2.38. The van der Waals surface area contributed by atoms with E-state index in [1.807, 2.05) is 0 Å². The molecule has 0 aliphatic rings. The first kappa shape index (κ1) is 10.3. The van der Waals surface area contributed by atoms with Gasteiger partial charge in [0.15, 0.2) is 0 Å². The standard InChI is InChI=1S/C14H14S/c15-10-4-3-5-12-8-9-13-6-1-2-7-14(13)11-12/h1-3,5-9,11,15H,4,10H2. The van der Waals surface area contributed by atoms with Crippen LogP contribution in [0.3, 0.4) is 0 Å². The number of hydrogen-bond acceptors (Lipinski definition) is 1. The second-order valence-corrected chi connectivity index (χ2v) is 3.97. The van der Waals surface area contributed by atoms with Crippen molar-refractivity contribution in [2.75, 3.05) is 5.75 Å². The second kappa shape index (κ2) is 5.04. The van der Waals surface area contributed by atoms with E-state index in [1.165, 1.54) is 16.3 Å². The van der Waals surface area contributed by atoms with Crippen molar-refractivity contribution < 1.29 is 0 Å². The van der Waals surface area contributed by atoms with E-state index in [0.717, 1.165) is 12.2 Å². The van der Waals surface area contributed by atoms with Crippen LogP contribution in [0.2, 0.25) is 0 Å². The Bertz CT molecular complexity index is 471. The van der Waals surface area contributed by atoms with Gasteiger partial charge >= 0.3 is 0 Å². The molecular formula is C14H14S. The lowest BCUT2D eigenvalue weighted by Gasteiger charge is -1.98. The normalized spacial score (nSPS) is 11.3. The quantitative estimate of drug-likeness (QED) is 0.728. The van der Waals surface area contributed by atoms with Crippen LogP contribution in [0, 0.1) is 0 Å².